The number of nitrogens with zero attached hydrogens (tertiary/aromatic N) is 2. The van der Waals surface area contributed by atoms with Crippen molar-refractivity contribution < 1.29 is 4.74 Å². The highest BCUT2D eigenvalue weighted by Gasteiger charge is 2.01. The molecule has 1 heterocycles. The lowest BCUT2D eigenvalue weighted by Gasteiger charge is -2.14. The Kier molecular flexibility index (Phi) is 4.36. The van der Waals surface area contributed by atoms with Crippen molar-refractivity contribution in [3.63, 3.8) is 0 Å². The maximum atomic E-state index is 5.10. The smallest absolute Gasteiger partial charge is 0.0661 e. The average Bonchev–Trinajstić information content (AvgIpc) is 2.85. The minimum absolute atomic E-state index is 0.312. The van der Waals surface area contributed by atoms with Crippen LogP contribution >= 0.6 is 0 Å². The highest BCUT2D eigenvalue weighted by atomic mass is 16.5. The quantitative estimate of drug-likeness (QED) is 0.849. The van der Waals surface area contributed by atoms with Gasteiger partial charge in [0, 0.05) is 31.2 Å². The van der Waals surface area contributed by atoms with Crippen LogP contribution in [-0.2, 0) is 11.3 Å². The molecule has 2 rings (SSSR count). The number of ether oxygens (including phenoxy) is 1. The van der Waals surface area contributed by atoms with Crippen LogP contribution in [0.3, 0.4) is 0 Å². The normalized spacial score (nSPS) is 12.3. The Hall–Kier alpha value is -1.81. The van der Waals surface area contributed by atoms with Crippen molar-refractivity contribution >= 4 is 5.69 Å². The van der Waals surface area contributed by atoms with E-state index in [4.69, 9.17) is 4.74 Å². The van der Waals surface area contributed by atoms with Crippen LogP contribution in [0.1, 0.15) is 12.5 Å². The first-order chi connectivity index (χ1) is 8.78. The van der Waals surface area contributed by atoms with E-state index < -0.39 is 0 Å². The Morgan fingerprint density at radius 2 is 2.11 bits per heavy atom. The summed E-state index contributed by atoms with van der Waals surface area (Å²) in [5.41, 5.74) is 2.35. The standard InChI is InChI=1S/C14H19N3O/c1-12(11-18-2)16-14-6-4-13(5-7-14)10-17-9-3-8-15-17/h3-9,12,16H,10-11H2,1-2H3. The van der Waals surface area contributed by atoms with Crippen LogP contribution in [0.2, 0.25) is 0 Å². The van der Waals surface area contributed by atoms with Crippen molar-refractivity contribution in [2.24, 2.45) is 0 Å². The molecule has 96 valence electrons. The van der Waals surface area contributed by atoms with Gasteiger partial charge in [0.2, 0.25) is 0 Å². The van der Waals surface area contributed by atoms with Gasteiger partial charge in [0.05, 0.1) is 13.2 Å². The van der Waals surface area contributed by atoms with Crippen LogP contribution in [0.5, 0.6) is 0 Å². The molecule has 0 bridgehead atoms. The third kappa shape index (κ3) is 3.60. The van der Waals surface area contributed by atoms with Crippen molar-refractivity contribution in [1.82, 2.24) is 9.78 Å². The summed E-state index contributed by atoms with van der Waals surface area (Å²) in [4.78, 5) is 0. The fraction of sp³-hybridized carbons (Fsp3) is 0.357. The molecule has 1 N–H and O–H groups in total. The first kappa shape index (κ1) is 12.6. The summed E-state index contributed by atoms with van der Waals surface area (Å²) in [6.07, 6.45) is 3.76. The van der Waals surface area contributed by atoms with Crippen molar-refractivity contribution in [2.75, 3.05) is 19.0 Å². The maximum absolute atomic E-state index is 5.10. The van der Waals surface area contributed by atoms with Gasteiger partial charge in [0.25, 0.3) is 0 Å². The number of hydrogen-bond donors (Lipinski definition) is 1. The van der Waals surface area contributed by atoms with E-state index in [1.54, 1.807) is 13.3 Å². The lowest BCUT2D eigenvalue weighted by molar-refractivity contribution is 0.190. The number of hydrogen-bond acceptors (Lipinski definition) is 3. The van der Waals surface area contributed by atoms with Crippen molar-refractivity contribution in [3.05, 3.63) is 48.3 Å². The van der Waals surface area contributed by atoms with Crippen LogP contribution in [0, 0.1) is 0 Å². The second-order valence-electron chi connectivity index (χ2n) is 4.40. The summed E-state index contributed by atoms with van der Waals surface area (Å²) in [6, 6.07) is 10.7. The molecule has 1 atom stereocenters. The van der Waals surface area contributed by atoms with Crippen LogP contribution in [0.4, 0.5) is 5.69 Å². The van der Waals surface area contributed by atoms with Gasteiger partial charge in [-0.1, -0.05) is 12.1 Å². The minimum Gasteiger partial charge on any atom is -0.383 e. The molecule has 0 spiro atoms. The Balaban J connectivity index is 1.93. The van der Waals surface area contributed by atoms with E-state index in [1.165, 1.54) is 5.56 Å². The van der Waals surface area contributed by atoms with Gasteiger partial charge in [-0.15, -0.1) is 0 Å². The van der Waals surface area contributed by atoms with Crippen LogP contribution in [-0.4, -0.2) is 29.5 Å². The van der Waals surface area contributed by atoms with Crippen LogP contribution in [0.15, 0.2) is 42.7 Å². The maximum Gasteiger partial charge on any atom is 0.0661 e. The fourth-order valence-corrected chi connectivity index (χ4v) is 1.86. The average molecular weight is 245 g/mol. The van der Waals surface area contributed by atoms with Crippen molar-refractivity contribution in [3.8, 4) is 0 Å². The van der Waals surface area contributed by atoms with Gasteiger partial charge in [-0.05, 0) is 30.7 Å². The number of nitrogens with one attached hydrogen (secondary N) is 1. The molecule has 0 fully saturated rings. The topological polar surface area (TPSA) is 39.1 Å². The molecule has 1 aromatic heterocycles. The molecule has 18 heavy (non-hydrogen) atoms. The Morgan fingerprint density at radius 3 is 2.72 bits per heavy atom. The molecule has 2 aromatic rings. The molecular formula is C14H19N3O. The lowest BCUT2D eigenvalue weighted by Crippen LogP contribution is -2.20. The highest BCUT2D eigenvalue weighted by molar-refractivity contribution is 5.45. The molecule has 4 heteroatoms. The molecule has 1 unspecified atom stereocenters. The van der Waals surface area contributed by atoms with Gasteiger partial charge in [-0.3, -0.25) is 4.68 Å². The largest absolute Gasteiger partial charge is 0.383 e. The number of rotatable bonds is 6. The van der Waals surface area contributed by atoms with Gasteiger partial charge in [-0.25, -0.2) is 0 Å². The molecule has 0 aliphatic rings. The molecule has 4 nitrogen and oxygen atoms in total. The SMILES string of the molecule is COCC(C)Nc1ccc(Cn2cccn2)cc1. The number of aromatic nitrogens is 2. The Morgan fingerprint density at radius 1 is 1.33 bits per heavy atom. The van der Waals surface area contributed by atoms with E-state index in [1.807, 2.05) is 16.9 Å². The first-order valence-electron chi connectivity index (χ1n) is 6.10. The molecular weight excluding hydrogens is 226 g/mol. The zero-order chi connectivity index (χ0) is 12.8. The van der Waals surface area contributed by atoms with E-state index in [9.17, 15) is 0 Å². The van der Waals surface area contributed by atoms with Gasteiger partial charge in [0.15, 0.2) is 0 Å². The van der Waals surface area contributed by atoms with E-state index in [-0.39, 0.29) is 0 Å². The monoisotopic (exact) mass is 245 g/mol. The van der Waals surface area contributed by atoms with E-state index >= 15 is 0 Å². The van der Waals surface area contributed by atoms with Crippen LogP contribution < -0.4 is 5.32 Å². The summed E-state index contributed by atoms with van der Waals surface area (Å²) < 4.78 is 7.01. The summed E-state index contributed by atoms with van der Waals surface area (Å²) in [6.45, 7) is 3.61. The molecule has 0 amide bonds. The predicted molar refractivity (Wildman–Crippen MR) is 72.7 cm³/mol. The molecule has 0 aliphatic heterocycles. The van der Waals surface area contributed by atoms with E-state index in [0.29, 0.717) is 12.6 Å². The summed E-state index contributed by atoms with van der Waals surface area (Å²) in [5.74, 6) is 0. The molecule has 0 radical (unpaired) electrons. The molecule has 1 aromatic carbocycles. The second-order valence-corrected chi connectivity index (χ2v) is 4.40. The summed E-state index contributed by atoms with van der Waals surface area (Å²) in [7, 11) is 1.71. The van der Waals surface area contributed by atoms with Crippen molar-refractivity contribution in [1.29, 1.82) is 0 Å². The molecule has 0 saturated heterocycles. The summed E-state index contributed by atoms with van der Waals surface area (Å²) >= 11 is 0. The summed E-state index contributed by atoms with van der Waals surface area (Å²) in [5, 5.41) is 7.57. The van der Waals surface area contributed by atoms with Crippen molar-refractivity contribution in [2.45, 2.75) is 19.5 Å². The second kappa shape index (κ2) is 6.21. The highest BCUT2D eigenvalue weighted by Crippen LogP contribution is 2.11. The minimum atomic E-state index is 0.312. The third-order valence-electron chi connectivity index (χ3n) is 2.69. The number of benzene rings is 1. The van der Waals surface area contributed by atoms with E-state index in [0.717, 1.165) is 12.2 Å². The predicted octanol–water partition coefficient (Wildman–Crippen LogP) is 2.38. The third-order valence-corrected chi connectivity index (χ3v) is 2.69. The van der Waals surface area contributed by atoms with Crippen LogP contribution in [0.25, 0.3) is 0 Å². The molecule has 0 aliphatic carbocycles. The first-order valence-corrected chi connectivity index (χ1v) is 6.10. The number of anilines is 1. The lowest BCUT2D eigenvalue weighted by atomic mass is 10.2. The zero-order valence-corrected chi connectivity index (χ0v) is 10.8. The van der Waals surface area contributed by atoms with Gasteiger partial charge < -0.3 is 10.1 Å². The number of methoxy groups -OCH3 is 1. The van der Waals surface area contributed by atoms with Gasteiger partial charge in [-0.2, -0.15) is 5.10 Å². The Bertz CT molecular complexity index is 450. The Labute approximate surface area is 108 Å². The van der Waals surface area contributed by atoms with Gasteiger partial charge >= 0.3 is 0 Å². The van der Waals surface area contributed by atoms with E-state index in [2.05, 4.69) is 41.6 Å². The molecule has 0 saturated carbocycles. The van der Waals surface area contributed by atoms with Gasteiger partial charge in [0.1, 0.15) is 0 Å². The zero-order valence-electron chi connectivity index (χ0n) is 10.8. The fourth-order valence-electron chi connectivity index (χ4n) is 1.86.